The fraction of sp³-hybridized carbons (Fsp3) is 0.467. The van der Waals surface area contributed by atoms with Gasteiger partial charge in [-0.1, -0.05) is 6.07 Å². The van der Waals surface area contributed by atoms with E-state index in [1.807, 2.05) is 11.9 Å². The van der Waals surface area contributed by atoms with E-state index in [-0.39, 0.29) is 5.91 Å². The lowest BCUT2D eigenvalue weighted by Gasteiger charge is -2.19. The second kappa shape index (κ2) is 8.26. The van der Waals surface area contributed by atoms with Gasteiger partial charge in [0.1, 0.15) is 12.4 Å². The summed E-state index contributed by atoms with van der Waals surface area (Å²) in [6.07, 6.45) is 0. The zero-order chi connectivity index (χ0) is 15.8. The molecular formula is C15H22N2O4. The predicted molar refractivity (Wildman–Crippen MR) is 79.5 cm³/mol. The van der Waals surface area contributed by atoms with Crippen LogP contribution in [0.25, 0.3) is 0 Å². The third kappa shape index (κ3) is 5.83. The highest BCUT2D eigenvalue weighted by atomic mass is 16.5. The fourth-order valence-corrected chi connectivity index (χ4v) is 1.60. The summed E-state index contributed by atoms with van der Waals surface area (Å²) in [6.45, 7) is 1.39. The van der Waals surface area contributed by atoms with Gasteiger partial charge in [0.15, 0.2) is 0 Å². The number of esters is 1. The van der Waals surface area contributed by atoms with Crippen LogP contribution in [0.2, 0.25) is 0 Å². The van der Waals surface area contributed by atoms with E-state index in [9.17, 15) is 9.59 Å². The summed E-state index contributed by atoms with van der Waals surface area (Å²) < 4.78 is 10.2. The Balaban J connectivity index is 2.42. The van der Waals surface area contributed by atoms with Gasteiger partial charge in [0.2, 0.25) is 5.91 Å². The number of methoxy groups -OCH3 is 1. The Morgan fingerprint density at radius 1 is 1.19 bits per heavy atom. The van der Waals surface area contributed by atoms with E-state index in [0.717, 1.165) is 0 Å². The first kappa shape index (κ1) is 17.0. The molecule has 0 atom stereocenters. The molecule has 6 heteroatoms. The number of likely N-dealkylation sites (N-methyl/N-ethyl adjacent to an activating group) is 2. The van der Waals surface area contributed by atoms with Crippen molar-refractivity contribution >= 4 is 11.9 Å². The average molecular weight is 294 g/mol. The van der Waals surface area contributed by atoms with Gasteiger partial charge in [-0.3, -0.25) is 9.69 Å². The molecule has 1 rings (SSSR count). The monoisotopic (exact) mass is 294 g/mol. The molecule has 0 bridgehead atoms. The van der Waals surface area contributed by atoms with Crippen molar-refractivity contribution in [2.45, 2.75) is 0 Å². The molecule has 1 aromatic rings. The highest BCUT2D eigenvalue weighted by Crippen LogP contribution is 2.13. The predicted octanol–water partition coefficient (Wildman–Crippen LogP) is 0.872. The summed E-state index contributed by atoms with van der Waals surface area (Å²) in [5, 5.41) is 0. The first-order valence-corrected chi connectivity index (χ1v) is 6.64. The molecule has 0 radical (unpaired) electrons. The van der Waals surface area contributed by atoms with Crippen LogP contribution in [0.15, 0.2) is 24.3 Å². The number of carbonyl (C=O) groups excluding carboxylic acids is 2. The normalized spacial score (nSPS) is 10.3. The Bertz CT molecular complexity index is 488. The third-order valence-electron chi connectivity index (χ3n) is 2.90. The van der Waals surface area contributed by atoms with Gasteiger partial charge in [-0.25, -0.2) is 4.79 Å². The van der Waals surface area contributed by atoms with Crippen molar-refractivity contribution in [2.75, 3.05) is 47.9 Å². The minimum Gasteiger partial charge on any atom is -0.492 e. The maximum atomic E-state index is 11.5. The lowest BCUT2D eigenvalue weighted by Crippen LogP contribution is -2.36. The summed E-state index contributed by atoms with van der Waals surface area (Å²) in [5.41, 5.74) is 0.450. The lowest BCUT2D eigenvalue weighted by molar-refractivity contribution is -0.129. The Kier molecular flexibility index (Phi) is 6.68. The number of ether oxygens (including phenoxy) is 2. The molecule has 21 heavy (non-hydrogen) atoms. The number of carbonyl (C=O) groups is 2. The molecule has 0 aliphatic rings. The van der Waals surface area contributed by atoms with Crippen LogP contribution >= 0.6 is 0 Å². The molecule has 116 valence electrons. The first-order valence-electron chi connectivity index (χ1n) is 6.64. The molecule has 1 aromatic carbocycles. The number of benzene rings is 1. The molecule has 0 aromatic heterocycles. The lowest BCUT2D eigenvalue weighted by atomic mass is 10.2. The second-order valence-corrected chi connectivity index (χ2v) is 4.89. The molecule has 0 aliphatic heterocycles. The third-order valence-corrected chi connectivity index (χ3v) is 2.90. The number of amides is 1. The van der Waals surface area contributed by atoms with Crippen LogP contribution in [-0.2, 0) is 9.53 Å². The summed E-state index contributed by atoms with van der Waals surface area (Å²) in [5.74, 6) is 0.254. The summed E-state index contributed by atoms with van der Waals surface area (Å²) in [7, 11) is 6.65. The highest BCUT2D eigenvalue weighted by Gasteiger charge is 2.09. The Morgan fingerprint density at radius 2 is 1.90 bits per heavy atom. The summed E-state index contributed by atoms with van der Waals surface area (Å²) >= 11 is 0. The van der Waals surface area contributed by atoms with Crippen LogP contribution in [0, 0.1) is 0 Å². The summed E-state index contributed by atoms with van der Waals surface area (Å²) in [6, 6.07) is 6.82. The summed E-state index contributed by atoms with van der Waals surface area (Å²) in [4.78, 5) is 26.4. The van der Waals surface area contributed by atoms with Crippen LogP contribution in [0.3, 0.4) is 0 Å². The molecule has 0 aliphatic carbocycles. The molecule has 0 unspecified atom stereocenters. The smallest absolute Gasteiger partial charge is 0.337 e. The van der Waals surface area contributed by atoms with Gasteiger partial charge < -0.3 is 14.4 Å². The largest absolute Gasteiger partial charge is 0.492 e. The van der Waals surface area contributed by atoms with Gasteiger partial charge >= 0.3 is 5.97 Å². The van der Waals surface area contributed by atoms with Crippen molar-refractivity contribution in [3.05, 3.63) is 29.8 Å². The Hall–Kier alpha value is -2.08. The molecule has 1 amide bonds. The van der Waals surface area contributed by atoms with Gasteiger partial charge in [-0.2, -0.15) is 0 Å². The molecule has 0 fully saturated rings. The van der Waals surface area contributed by atoms with Crippen LogP contribution in [-0.4, -0.2) is 69.6 Å². The van der Waals surface area contributed by atoms with Crippen molar-refractivity contribution in [3.8, 4) is 5.75 Å². The zero-order valence-corrected chi connectivity index (χ0v) is 13.0. The quantitative estimate of drug-likeness (QED) is 0.699. The maximum absolute atomic E-state index is 11.5. The zero-order valence-electron chi connectivity index (χ0n) is 13.0. The van der Waals surface area contributed by atoms with Crippen molar-refractivity contribution in [2.24, 2.45) is 0 Å². The van der Waals surface area contributed by atoms with Crippen LogP contribution in [0.4, 0.5) is 0 Å². The molecule has 0 heterocycles. The molecular weight excluding hydrogens is 272 g/mol. The van der Waals surface area contributed by atoms with Gasteiger partial charge in [-0.15, -0.1) is 0 Å². The van der Waals surface area contributed by atoms with E-state index < -0.39 is 5.97 Å². The molecule has 0 saturated heterocycles. The van der Waals surface area contributed by atoms with Crippen molar-refractivity contribution in [1.82, 2.24) is 9.80 Å². The van der Waals surface area contributed by atoms with Crippen molar-refractivity contribution < 1.29 is 19.1 Å². The SMILES string of the molecule is COC(=O)c1cccc(OCCN(C)CC(=O)N(C)C)c1. The fourth-order valence-electron chi connectivity index (χ4n) is 1.60. The standard InChI is InChI=1S/C15H22N2O4/c1-16(2)14(18)11-17(3)8-9-21-13-7-5-6-12(10-13)15(19)20-4/h5-7,10H,8-9,11H2,1-4H3. The van der Waals surface area contributed by atoms with E-state index in [0.29, 0.717) is 31.0 Å². The number of hydrogen-bond donors (Lipinski definition) is 0. The topological polar surface area (TPSA) is 59.1 Å². The van der Waals surface area contributed by atoms with Gasteiger partial charge in [0.05, 0.1) is 19.2 Å². The number of rotatable bonds is 7. The molecule has 0 N–H and O–H groups in total. The highest BCUT2D eigenvalue weighted by molar-refractivity contribution is 5.89. The van der Waals surface area contributed by atoms with Crippen LogP contribution < -0.4 is 4.74 Å². The van der Waals surface area contributed by atoms with Crippen LogP contribution in [0.5, 0.6) is 5.75 Å². The molecule has 0 spiro atoms. The van der Waals surface area contributed by atoms with Crippen molar-refractivity contribution in [1.29, 1.82) is 0 Å². The number of hydrogen-bond acceptors (Lipinski definition) is 5. The van der Waals surface area contributed by atoms with E-state index >= 15 is 0 Å². The van der Waals surface area contributed by atoms with E-state index in [4.69, 9.17) is 4.74 Å². The Labute approximate surface area is 125 Å². The minimum absolute atomic E-state index is 0.0465. The van der Waals surface area contributed by atoms with Crippen molar-refractivity contribution in [3.63, 3.8) is 0 Å². The number of nitrogens with zero attached hydrogens (tertiary/aromatic N) is 2. The van der Waals surface area contributed by atoms with Gasteiger partial charge in [-0.05, 0) is 25.2 Å². The van der Waals surface area contributed by atoms with Gasteiger partial charge in [0, 0.05) is 20.6 Å². The maximum Gasteiger partial charge on any atom is 0.337 e. The first-order chi connectivity index (χ1) is 9.93. The van der Waals surface area contributed by atoms with E-state index in [1.165, 1.54) is 7.11 Å². The van der Waals surface area contributed by atoms with Crippen LogP contribution in [0.1, 0.15) is 10.4 Å². The molecule has 0 saturated carbocycles. The minimum atomic E-state index is -0.394. The van der Waals surface area contributed by atoms with Gasteiger partial charge in [0.25, 0.3) is 0 Å². The second-order valence-electron chi connectivity index (χ2n) is 4.89. The Morgan fingerprint density at radius 3 is 2.52 bits per heavy atom. The van der Waals surface area contributed by atoms with E-state index in [1.54, 1.807) is 43.3 Å². The van der Waals surface area contributed by atoms with E-state index in [2.05, 4.69) is 4.74 Å². The average Bonchev–Trinajstić information content (AvgIpc) is 2.46. The molecule has 6 nitrogen and oxygen atoms in total.